The molecule has 7 nitrogen and oxygen atoms in total. The molecule has 35 heavy (non-hydrogen) atoms. The predicted octanol–water partition coefficient (Wildman–Crippen LogP) is 4.93. The smallest absolute Gasteiger partial charge is 0.336 e. The molecular formula is C28H24O7. The summed E-state index contributed by atoms with van der Waals surface area (Å²) in [7, 11) is 0. The van der Waals surface area contributed by atoms with Crippen molar-refractivity contribution in [2.75, 3.05) is 0 Å². The maximum Gasteiger partial charge on any atom is 0.336 e. The van der Waals surface area contributed by atoms with Crippen LogP contribution in [0.25, 0.3) is 21.9 Å². The predicted molar refractivity (Wildman–Crippen MR) is 130 cm³/mol. The van der Waals surface area contributed by atoms with E-state index < -0.39 is 28.9 Å². The van der Waals surface area contributed by atoms with Gasteiger partial charge in [-0.2, -0.15) is 0 Å². The topological polar surface area (TPSA) is 110 Å². The van der Waals surface area contributed by atoms with Gasteiger partial charge in [0, 0.05) is 39.8 Å². The van der Waals surface area contributed by atoms with Crippen molar-refractivity contribution in [3.63, 3.8) is 0 Å². The van der Waals surface area contributed by atoms with Crippen molar-refractivity contribution in [2.24, 2.45) is 5.41 Å². The molecule has 2 aromatic heterocycles. The number of rotatable bonds is 2. The minimum Gasteiger partial charge on any atom is -0.507 e. The summed E-state index contributed by atoms with van der Waals surface area (Å²) in [6.07, 6.45) is 1.58. The van der Waals surface area contributed by atoms with Crippen LogP contribution in [0.2, 0.25) is 0 Å². The van der Waals surface area contributed by atoms with Gasteiger partial charge in [0.2, 0.25) is 0 Å². The first kappa shape index (κ1) is 21.7. The van der Waals surface area contributed by atoms with Crippen LogP contribution in [-0.4, -0.2) is 16.3 Å². The van der Waals surface area contributed by atoms with Gasteiger partial charge in [0.15, 0.2) is 0 Å². The number of aromatic hydroxyl groups is 1. The van der Waals surface area contributed by atoms with Gasteiger partial charge in [-0.3, -0.25) is 0 Å². The highest BCUT2D eigenvalue weighted by atomic mass is 16.5. The first-order valence-electron chi connectivity index (χ1n) is 11.6. The van der Waals surface area contributed by atoms with Crippen LogP contribution in [0.3, 0.4) is 0 Å². The van der Waals surface area contributed by atoms with E-state index in [-0.39, 0.29) is 22.8 Å². The van der Waals surface area contributed by atoms with E-state index in [0.29, 0.717) is 23.1 Å². The molecule has 2 N–H and O–H groups in total. The van der Waals surface area contributed by atoms with Crippen LogP contribution in [0.1, 0.15) is 49.8 Å². The molecule has 0 saturated carbocycles. The first-order valence-corrected chi connectivity index (χ1v) is 11.6. The molecular weight excluding hydrogens is 448 g/mol. The number of phenolic OH excluding ortho intramolecular Hbond substituents is 1. The van der Waals surface area contributed by atoms with Crippen LogP contribution in [0.5, 0.6) is 11.5 Å². The summed E-state index contributed by atoms with van der Waals surface area (Å²) in [5, 5.41) is 23.9. The molecule has 0 saturated heterocycles. The van der Waals surface area contributed by atoms with Crippen LogP contribution in [0.15, 0.2) is 78.6 Å². The van der Waals surface area contributed by atoms with Gasteiger partial charge >= 0.3 is 11.3 Å². The fourth-order valence-electron chi connectivity index (χ4n) is 5.72. The zero-order valence-electron chi connectivity index (χ0n) is 19.3. The van der Waals surface area contributed by atoms with E-state index >= 15 is 0 Å². The second-order valence-electron chi connectivity index (χ2n) is 9.80. The van der Waals surface area contributed by atoms with Crippen molar-refractivity contribution in [3.05, 3.63) is 92.1 Å². The Labute approximate surface area is 199 Å². The number of benzene rings is 2. The van der Waals surface area contributed by atoms with Gasteiger partial charge < -0.3 is 23.8 Å². The number of ether oxygens (including phenoxy) is 1. The van der Waals surface area contributed by atoms with E-state index in [1.165, 1.54) is 23.8 Å². The highest BCUT2D eigenvalue weighted by molar-refractivity contribution is 5.84. The van der Waals surface area contributed by atoms with Gasteiger partial charge in [-0.05, 0) is 56.2 Å². The van der Waals surface area contributed by atoms with Crippen molar-refractivity contribution in [3.8, 4) is 11.5 Å². The molecule has 2 aromatic carbocycles. The van der Waals surface area contributed by atoms with E-state index in [4.69, 9.17) is 13.6 Å². The lowest BCUT2D eigenvalue weighted by Crippen LogP contribution is -2.49. The largest absolute Gasteiger partial charge is 0.507 e. The number of fused-ring (bicyclic) bond motifs is 6. The Morgan fingerprint density at radius 3 is 2.31 bits per heavy atom. The molecule has 1 aliphatic heterocycles. The summed E-state index contributed by atoms with van der Waals surface area (Å²) in [6, 6.07) is 12.8. The fourth-order valence-corrected chi connectivity index (χ4v) is 5.72. The molecule has 0 radical (unpaired) electrons. The third-order valence-electron chi connectivity index (χ3n) is 7.61. The lowest BCUT2D eigenvalue weighted by atomic mass is 9.60. The van der Waals surface area contributed by atoms with Gasteiger partial charge in [0.25, 0.3) is 0 Å². The minimum absolute atomic E-state index is 0.118. The van der Waals surface area contributed by atoms with Crippen LogP contribution in [0, 0.1) is 5.41 Å². The van der Waals surface area contributed by atoms with Crippen molar-refractivity contribution in [2.45, 2.75) is 44.8 Å². The van der Waals surface area contributed by atoms with E-state index in [1.807, 2.05) is 19.1 Å². The van der Waals surface area contributed by atoms with E-state index in [0.717, 1.165) is 17.4 Å². The van der Waals surface area contributed by atoms with E-state index in [2.05, 4.69) is 13.0 Å². The second kappa shape index (κ2) is 7.58. The Bertz CT molecular complexity index is 1640. The van der Waals surface area contributed by atoms with Crippen molar-refractivity contribution >= 4 is 21.9 Å². The number of hydrogen-bond acceptors (Lipinski definition) is 7. The van der Waals surface area contributed by atoms with Gasteiger partial charge in [-0.1, -0.05) is 18.6 Å². The Morgan fingerprint density at radius 1 is 0.943 bits per heavy atom. The Kier molecular flexibility index (Phi) is 4.70. The molecule has 3 heterocycles. The highest BCUT2D eigenvalue weighted by Gasteiger charge is 2.53. The monoisotopic (exact) mass is 472 g/mol. The number of aliphatic hydroxyl groups is 1. The molecule has 4 atom stereocenters. The van der Waals surface area contributed by atoms with Crippen molar-refractivity contribution in [1.82, 2.24) is 0 Å². The molecule has 0 fully saturated rings. The van der Waals surface area contributed by atoms with Crippen LogP contribution in [-0.2, 0) is 0 Å². The standard InChI is InChI=1S/C28H24O7/c1-14-11-12-28(2)17(13-14)22-19(8-4-16-6-10-20(30)34-25(16)22)33-27(28)24(32)23-18(29)7-3-15-5-9-21(31)35-26(15)23/h3-10,13,17,24,27,29,32H,11-12H2,1-2H3/t17-,24+,27-,28+/m1/s1. The molecule has 7 heteroatoms. The van der Waals surface area contributed by atoms with Crippen LogP contribution in [0.4, 0.5) is 0 Å². The number of allylic oxidation sites excluding steroid dienone is 2. The molecule has 0 bridgehead atoms. The Hall–Kier alpha value is -3.84. The molecule has 178 valence electrons. The van der Waals surface area contributed by atoms with E-state index in [1.54, 1.807) is 18.2 Å². The Morgan fingerprint density at radius 2 is 1.57 bits per heavy atom. The molecule has 2 aliphatic rings. The molecule has 4 aromatic rings. The maximum atomic E-state index is 12.1. The van der Waals surface area contributed by atoms with Gasteiger partial charge in [0.1, 0.15) is 34.9 Å². The number of hydrogen-bond donors (Lipinski definition) is 2. The lowest BCUT2D eigenvalue weighted by Gasteiger charge is -2.50. The summed E-state index contributed by atoms with van der Waals surface area (Å²) in [4.78, 5) is 24.1. The maximum absolute atomic E-state index is 12.1. The second-order valence-corrected chi connectivity index (χ2v) is 9.80. The van der Waals surface area contributed by atoms with Gasteiger partial charge in [-0.15, -0.1) is 0 Å². The number of aliphatic hydroxyl groups excluding tert-OH is 1. The SMILES string of the molecule is CC1=C[C@@H]2c3c(ccc4ccc(=O)oc34)O[C@H]([C@@H](O)c3c(O)ccc4ccc(=O)oc34)[C@@]2(C)CC1. The van der Waals surface area contributed by atoms with Crippen molar-refractivity contribution in [1.29, 1.82) is 0 Å². The van der Waals surface area contributed by atoms with Crippen molar-refractivity contribution < 1.29 is 23.8 Å². The summed E-state index contributed by atoms with van der Waals surface area (Å²) >= 11 is 0. The number of phenols is 1. The zero-order valence-corrected chi connectivity index (χ0v) is 19.3. The highest BCUT2D eigenvalue weighted by Crippen LogP contribution is 2.58. The average molecular weight is 472 g/mol. The Balaban J connectivity index is 1.59. The lowest BCUT2D eigenvalue weighted by molar-refractivity contribution is -0.0684. The molecule has 0 spiro atoms. The first-order chi connectivity index (χ1) is 16.8. The summed E-state index contributed by atoms with van der Waals surface area (Å²) in [6.45, 7) is 4.10. The molecule has 1 aliphatic carbocycles. The zero-order chi connectivity index (χ0) is 24.5. The third-order valence-corrected chi connectivity index (χ3v) is 7.61. The normalized spacial score (nSPS) is 24.4. The minimum atomic E-state index is -1.30. The van der Waals surface area contributed by atoms with Crippen LogP contribution >= 0.6 is 0 Å². The third kappa shape index (κ3) is 3.22. The molecule has 0 unspecified atom stereocenters. The molecule has 0 amide bonds. The summed E-state index contributed by atoms with van der Waals surface area (Å²) in [5.41, 5.74) is 1.07. The van der Waals surface area contributed by atoms with Gasteiger partial charge in [0.05, 0.1) is 5.56 Å². The van der Waals surface area contributed by atoms with Gasteiger partial charge in [-0.25, -0.2) is 9.59 Å². The quantitative estimate of drug-likeness (QED) is 0.314. The summed E-state index contributed by atoms with van der Waals surface area (Å²) < 4.78 is 17.5. The van der Waals surface area contributed by atoms with E-state index in [9.17, 15) is 19.8 Å². The summed E-state index contributed by atoms with van der Waals surface area (Å²) in [5.74, 6) is 0.115. The fraction of sp³-hybridized carbons (Fsp3) is 0.286. The average Bonchev–Trinajstić information content (AvgIpc) is 2.83. The van der Waals surface area contributed by atoms with Crippen LogP contribution < -0.4 is 16.0 Å². The molecule has 6 rings (SSSR count).